The maximum atomic E-state index is 12.6. The van der Waals surface area contributed by atoms with Crippen LogP contribution in [0.5, 0.6) is 5.75 Å². The van der Waals surface area contributed by atoms with Crippen LogP contribution >= 0.6 is 11.3 Å². The van der Waals surface area contributed by atoms with E-state index in [1.807, 2.05) is 30.3 Å². The fourth-order valence-electron chi connectivity index (χ4n) is 3.41. The number of esters is 1. The fraction of sp³-hybridized carbons (Fsp3) is 0.333. The summed E-state index contributed by atoms with van der Waals surface area (Å²) in [4.78, 5) is 17.3. The van der Waals surface area contributed by atoms with E-state index in [0.29, 0.717) is 18.2 Å². The van der Waals surface area contributed by atoms with Crippen molar-refractivity contribution >= 4 is 27.5 Å². The average Bonchev–Trinajstić information content (AvgIpc) is 3.03. The maximum absolute atomic E-state index is 12.6. The van der Waals surface area contributed by atoms with Gasteiger partial charge in [0.05, 0.1) is 10.2 Å². The largest absolute Gasteiger partial charge is 0.426 e. The molecule has 5 heteroatoms. The number of aromatic nitrogens is 1. The Labute approximate surface area is 157 Å². The van der Waals surface area contributed by atoms with Gasteiger partial charge in [0.1, 0.15) is 16.7 Å². The Bertz CT molecular complexity index is 931. The first-order chi connectivity index (χ1) is 12.5. The molecule has 1 aromatic heterocycles. The van der Waals surface area contributed by atoms with Crippen molar-refractivity contribution in [3.05, 3.63) is 58.6 Å². The van der Waals surface area contributed by atoms with Crippen LogP contribution in [0.1, 0.15) is 48.9 Å². The number of carbonyl (C=O) groups is 1. The van der Waals surface area contributed by atoms with Gasteiger partial charge in [-0.2, -0.15) is 0 Å². The van der Waals surface area contributed by atoms with Crippen LogP contribution in [0.4, 0.5) is 0 Å². The average molecular weight is 366 g/mol. The topological polar surface area (TPSA) is 51.2 Å². The number of rotatable bonds is 4. The predicted molar refractivity (Wildman–Crippen MR) is 105 cm³/mol. The second kappa shape index (κ2) is 6.82. The highest BCUT2D eigenvalue weighted by Gasteiger charge is 2.32. The van der Waals surface area contributed by atoms with Crippen LogP contribution in [-0.2, 0) is 11.2 Å². The standard InChI is InChI=1S/C21H22N2O2S/c1-12(2)22-13(3)14-8-9-15-10-16(21(24)25-18(15)11-14)20-23-17-6-4-5-7-19(17)26-20/h4-9,11-13,16,22H,10H2,1-3H3. The SMILES string of the molecule is CC(C)NC(C)c1ccc2c(c1)OC(=O)C(c1nc3ccccc3s1)C2. The second-order valence-electron chi connectivity index (χ2n) is 7.11. The molecule has 0 spiro atoms. The van der Waals surface area contributed by atoms with Gasteiger partial charge in [0.15, 0.2) is 0 Å². The van der Waals surface area contributed by atoms with Gasteiger partial charge in [-0.1, -0.05) is 38.1 Å². The Morgan fingerprint density at radius 3 is 2.77 bits per heavy atom. The molecule has 134 valence electrons. The molecule has 0 aliphatic carbocycles. The Hall–Kier alpha value is -2.24. The first-order valence-electron chi connectivity index (χ1n) is 8.97. The lowest BCUT2D eigenvalue weighted by atomic mass is 9.94. The monoisotopic (exact) mass is 366 g/mol. The number of thiazole rings is 1. The van der Waals surface area contributed by atoms with Crippen LogP contribution in [0.15, 0.2) is 42.5 Å². The zero-order valence-electron chi connectivity index (χ0n) is 15.2. The first-order valence-corrected chi connectivity index (χ1v) is 9.79. The molecule has 3 aromatic rings. The van der Waals surface area contributed by atoms with Crippen LogP contribution in [0.3, 0.4) is 0 Å². The Morgan fingerprint density at radius 1 is 1.19 bits per heavy atom. The van der Waals surface area contributed by atoms with E-state index in [0.717, 1.165) is 26.4 Å². The number of para-hydroxylation sites is 1. The third-order valence-corrected chi connectivity index (χ3v) is 5.85. The normalized spacial score (nSPS) is 18.0. The minimum atomic E-state index is -0.322. The molecule has 0 radical (unpaired) electrons. The van der Waals surface area contributed by atoms with Crippen molar-refractivity contribution < 1.29 is 9.53 Å². The molecule has 1 N–H and O–H groups in total. The van der Waals surface area contributed by atoms with Gasteiger partial charge in [-0.3, -0.25) is 4.79 Å². The molecule has 0 saturated carbocycles. The quantitative estimate of drug-likeness (QED) is 0.541. The summed E-state index contributed by atoms with van der Waals surface area (Å²) >= 11 is 1.58. The molecule has 2 unspecified atom stereocenters. The van der Waals surface area contributed by atoms with Gasteiger partial charge < -0.3 is 10.1 Å². The molecule has 0 amide bonds. The van der Waals surface area contributed by atoms with E-state index in [4.69, 9.17) is 4.74 Å². The van der Waals surface area contributed by atoms with E-state index >= 15 is 0 Å². The van der Waals surface area contributed by atoms with E-state index in [1.54, 1.807) is 11.3 Å². The Morgan fingerprint density at radius 2 is 2.00 bits per heavy atom. The number of ether oxygens (including phenoxy) is 1. The summed E-state index contributed by atoms with van der Waals surface area (Å²) in [6.07, 6.45) is 0.639. The molecule has 0 bridgehead atoms. The van der Waals surface area contributed by atoms with Crippen molar-refractivity contribution in [3.8, 4) is 5.75 Å². The zero-order chi connectivity index (χ0) is 18.3. The molecular formula is C21H22N2O2S. The fourth-order valence-corrected chi connectivity index (χ4v) is 4.47. The highest BCUT2D eigenvalue weighted by Crippen LogP contribution is 2.37. The molecular weight excluding hydrogens is 344 g/mol. The smallest absolute Gasteiger partial charge is 0.321 e. The van der Waals surface area contributed by atoms with Crippen LogP contribution in [-0.4, -0.2) is 17.0 Å². The summed E-state index contributed by atoms with van der Waals surface area (Å²) in [6.45, 7) is 6.37. The number of hydrogen-bond donors (Lipinski definition) is 1. The molecule has 4 rings (SSSR count). The number of nitrogens with zero attached hydrogens (tertiary/aromatic N) is 1. The first kappa shape index (κ1) is 17.2. The van der Waals surface area contributed by atoms with Crippen LogP contribution in [0.2, 0.25) is 0 Å². The maximum Gasteiger partial charge on any atom is 0.321 e. The van der Waals surface area contributed by atoms with Gasteiger partial charge in [0.2, 0.25) is 0 Å². The number of hydrogen-bond acceptors (Lipinski definition) is 5. The van der Waals surface area contributed by atoms with E-state index in [2.05, 4.69) is 43.2 Å². The van der Waals surface area contributed by atoms with Crippen molar-refractivity contribution in [2.45, 2.75) is 45.2 Å². The number of fused-ring (bicyclic) bond motifs is 2. The van der Waals surface area contributed by atoms with E-state index in [-0.39, 0.29) is 17.9 Å². The molecule has 1 aliphatic rings. The molecule has 26 heavy (non-hydrogen) atoms. The number of benzene rings is 2. The van der Waals surface area contributed by atoms with Crippen LogP contribution in [0, 0.1) is 0 Å². The van der Waals surface area contributed by atoms with Gasteiger partial charge in [-0.15, -0.1) is 11.3 Å². The van der Waals surface area contributed by atoms with Crippen molar-refractivity contribution in [2.75, 3.05) is 0 Å². The summed E-state index contributed by atoms with van der Waals surface area (Å²) in [5.74, 6) is 0.150. The lowest BCUT2D eigenvalue weighted by Gasteiger charge is -2.24. The highest BCUT2D eigenvalue weighted by atomic mass is 32.1. The molecule has 4 nitrogen and oxygen atoms in total. The van der Waals surface area contributed by atoms with Crippen molar-refractivity contribution in [1.29, 1.82) is 0 Å². The van der Waals surface area contributed by atoms with Crippen molar-refractivity contribution in [2.24, 2.45) is 0 Å². The van der Waals surface area contributed by atoms with Gasteiger partial charge in [0.25, 0.3) is 0 Å². The minimum absolute atomic E-state index is 0.209. The summed E-state index contributed by atoms with van der Waals surface area (Å²) in [6, 6.07) is 14.8. The molecule has 2 atom stereocenters. The third kappa shape index (κ3) is 3.24. The summed E-state index contributed by atoms with van der Waals surface area (Å²) in [7, 11) is 0. The second-order valence-corrected chi connectivity index (χ2v) is 8.17. The third-order valence-electron chi connectivity index (χ3n) is 4.70. The highest BCUT2D eigenvalue weighted by molar-refractivity contribution is 7.18. The predicted octanol–water partition coefficient (Wildman–Crippen LogP) is 4.60. The van der Waals surface area contributed by atoms with Crippen molar-refractivity contribution in [1.82, 2.24) is 10.3 Å². The van der Waals surface area contributed by atoms with E-state index in [1.165, 1.54) is 0 Å². The molecule has 1 aliphatic heterocycles. The Kier molecular flexibility index (Phi) is 4.51. The lowest BCUT2D eigenvalue weighted by Crippen LogP contribution is -2.28. The lowest BCUT2D eigenvalue weighted by molar-refractivity contribution is -0.137. The minimum Gasteiger partial charge on any atom is -0.426 e. The number of carbonyl (C=O) groups excluding carboxylic acids is 1. The summed E-state index contributed by atoms with van der Waals surface area (Å²) in [5.41, 5.74) is 3.13. The summed E-state index contributed by atoms with van der Waals surface area (Å²) < 4.78 is 6.79. The molecule has 2 heterocycles. The zero-order valence-corrected chi connectivity index (χ0v) is 16.0. The number of nitrogens with one attached hydrogen (secondary N) is 1. The Balaban J connectivity index is 1.61. The van der Waals surface area contributed by atoms with Gasteiger partial charge in [-0.05, 0) is 42.7 Å². The summed E-state index contributed by atoms with van der Waals surface area (Å²) in [5, 5.41) is 4.31. The van der Waals surface area contributed by atoms with Gasteiger partial charge in [-0.25, -0.2) is 4.98 Å². The molecule has 0 fully saturated rings. The van der Waals surface area contributed by atoms with E-state index < -0.39 is 0 Å². The van der Waals surface area contributed by atoms with Crippen LogP contribution < -0.4 is 10.1 Å². The van der Waals surface area contributed by atoms with Crippen LogP contribution in [0.25, 0.3) is 10.2 Å². The molecule has 0 saturated heterocycles. The van der Waals surface area contributed by atoms with E-state index in [9.17, 15) is 4.79 Å². The van der Waals surface area contributed by atoms with Gasteiger partial charge in [0, 0.05) is 12.1 Å². The molecule has 2 aromatic carbocycles. The van der Waals surface area contributed by atoms with Gasteiger partial charge >= 0.3 is 5.97 Å². The van der Waals surface area contributed by atoms with Crippen molar-refractivity contribution in [3.63, 3.8) is 0 Å².